The van der Waals surface area contributed by atoms with Crippen LogP contribution in [0.15, 0.2) is 54.6 Å². The molecule has 0 atom stereocenters. The number of amides is 2. The van der Waals surface area contributed by atoms with Crippen molar-refractivity contribution < 1.29 is 9.59 Å². The van der Waals surface area contributed by atoms with Crippen molar-refractivity contribution in [3.8, 4) is 0 Å². The minimum atomic E-state index is 0.0378. The molecule has 2 amide bonds. The summed E-state index contributed by atoms with van der Waals surface area (Å²) in [6.45, 7) is 5.74. The summed E-state index contributed by atoms with van der Waals surface area (Å²) in [5.74, 6) is 0.404. The summed E-state index contributed by atoms with van der Waals surface area (Å²) in [7, 11) is 0. The molecule has 0 unspecified atom stereocenters. The number of carbonyl (C=O) groups excluding carboxylic acids is 2. The van der Waals surface area contributed by atoms with Gasteiger partial charge < -0.3 is 15.1 Å². The summed E-state index contributed by atoms with van der Waals surface area (Å²) in [6, 6.07) is 18.2. The number of carbonyl (C=O) groups is 2. The number of fused-ring (bicyclic) bond motifs is 1. The Kier molecular flexibility index (Phi) is 7.59. The van der Waals surface area contributed by atoms with Gasteiger partial charge in [-0.3, -0.25) is 14.5 Å². The van der Waals surface area contributed by atoms with Crippen molar-refractivity contribution in [2.45, 2.75) is 25.8 Å². The van der Waals surface area contributed by atoms with Crippen LogP contribution >= 0.6 is 11.3 Å². The number of aromatic nitrogens is 1. The van der Waals surface area contributed by atoms with E-state index in [-0.39, 0.29) is 17.7 Å². The van der Waals surface area contributed by atoms with Crippen LogP contribution in [0.2, 0.25) is 0 Å². The molecular weight excluding hydrogens is 458 g/mol. The van der Waals surface area contributed by atoms with Crippen LogP contribution < -0.4 is 10.2 Å². The van der Waals surface area contributed by atoms with E-state index in [4.69, 9.17) is 4.98 Å². The molecule has 5 rings (SSSR count). The molecule has 2 aliphatic heterocycles. The molecule has 3 heterocycles. The standard InChI is InChI=1S/C27H33N5O2S/c33-25(28-19-21-7-2-1-3-8-21)20-30-13-6-14-31(18-17-30)26(34)22-11-15-32(16-12-22)27-29-23-9-4-5-10-24(23)35-27/h1-5,7-10,22H,6,11-20H2,(H,28,33). The minimum absolute atomic E-state index is 0.0378. The quantitative estimate of drug-likeness (QED) is 0.573. The summed E-state index contributed by atoms with van der Waals surface area (Å²) in [5, 5.41) is 4.07. The third-order valence-electron chi connectivity index (χ3n) is 7.00. The zero-order chi connectivity index (χ0) is 24.0. The smallest absolute Gasteiger partial charge is 0.234 e. The first-order valence-electron chi connectivity index (χ1n) is 12.6. The molecule has 0 saturated carbocycles. The zero-order valence-electron chi connectivity index (χ0n) is 20.1. The molecule has 0 radical (unpaired) electrons. The number of hydrogen-bond donors (Lipinski definition) is 1. The molecule has 2 aromatic carbocycles. The fourth-order valence-corrected chi connectivity index (χ4v) is 5.99. The van der Waals surface area contributed by atoms with E-state index in [1.54, 1.807) is 11.3 Å². The predicted molar refractivity (Wildman–Crippen MR) is 140 cm³/mol. The van der Waals surface area contributed by atoms with Gasteiger partial charge in [0, 0.05) is 51.7 Å². The van der Waals surface area contributed by atoms with Gasteiger partial charge in [0.25, 0.3) is 0 Å². The first-order chi connectivity index (χ1) is 17.2. The molecule has 1 aromatic heterocycles. The van der Waals surface area contributed by atoms with Gasteiger partial charge in [-0.15, -0.1) is 0 Å². The number of piperidine rings is 1. The number of thiazole rings is 1. The maximum atomic E-state index is 13.3. The fraction of sp³-hybridized carbons (Fsp3) is 0.444. The number of anilines is 1. The lowest BCUT2D eigenvalue weighted by molar-refractivity contribution is -0.136. The van der Waals surface area contributed by atoms with E-state index in [1.807, 2.05) is 41.3 Å². The van der Waals surface area contributed by atoms with Crippen LogP contribution in [0.25, 0.3) is 10.2 Å². The number of rotatable bonds is 6. The van der Waals surface area contributed by atoms with Crippen molar-refractivity contribution >= 4 is 38.5 Å². The van der Waals surface area contributed by atoms with E-state index in [0.29, 0.717) is 19.6 Å². The highest BCUT2D eigenvalue weighted by atomic mass is 32.1. The normalized spacial score (nSPS) is 17.9. The molecule has 1 N–H and O–H groups in total. The Morgan fingerprint density at radius 3 is 2.49 bits per heavy atom. The molecule has 2 aliphatic rings. The second-order valence-corrected chi connectivity index (χ2v) is 10.5. The van der Waals surface area contributed by atoms with Crippen LogP contribution in [-0.2, 0) is 16.1 Å². The molecule has 0 bridgehead atoms. The molecule has 7 nitrogen and oxygen atoms in total. The molecule has 3 aromatic rings. The molecule has 0 spiro atoms. The lowest BCUT2D eigenvalue weighted by Gasteiger charge is -2.33. The first kappa shape index (κ1) is 23.8. The Morgan fingerprint density at radius 2 is 1.69 bits per heavy atom. The van der Waals surface area contributed by atoms with Crippen molar-refractivity contribution in [1.29, 1.82) is 0 Å². The van der Waals surface area contributed by atoms with Gasteiger partial charge in [-0.1, -0.05) is 53.8 Å². The van der Waals surface area contributed by atoms with Gasteiger partial charge >= 0.3 is 0 Å². The van der Waals surface area contributed by atoms with E-state index >= 15 is 0 Å². The molecule has 0 aliphatic carbocycles. The summed E-state index contributed by atoms with van der Waals surface area (Å²) < 4.78 is 1.21. The van der Waals surface area contributed by atoms with Gasteiger partial charge in [0.15, 0.2) is 5.13 Å². The van der Waals surface area contributed by atoms with Crippen LogP contribution in [0.3, 0.4) is 0 Å². The highest BCUT2D eigenvalue weighted by Gasteiger charge is 2.30. The average Bonchev–Trinajstić information content (AvgIpc) is 3.20. The number of para-hydroxylation sites is 1. The summed E-state index contributed by atoms with van der Waals surface area (Å²) in [6.07, 6.45) is 2.65. The van der Waals surface area contributed by atoms with Crippen LogP contribution in [-0.4, -0.2) is 72.4 Å². The number of benzene rings is 2. The highest BCUT2D eigenvalue weighted by molar-refractivity contribution is 7.22. The van der Waals surface area contributed by atoms with Crippen molar-refractivity contribution in [2.24, 2.45) is 5.92 Å². The van der Waals surface area contributed by atoms with E-state index in [1.165, 1.54) is 4.70 Å². The van der Waals surface area contributed by atoms with Crippen molar-refractivity contribution in [3.05, 3.63) is 60.2 Å². The van der Waals surface area contributed by atoms with Crippen molar-refractivity contribution in [1.82, 2.24) is 20.1 Å². The van der Waals surface area contributed by atoms with Gasteiger partial charge in [0.2, 0.25) is 11.8 Å². The van der Waals surface area contributed by atoms with E-state index in [0.717, 1.165) is 68.2 Å². The van der Waals surface area contributed by atoms with Crippen LogP contribution in [0.1, 0.15) is 24.8 Å². The molecule has 35 heavy (non-hydrogen) atoms. The maximum Gasteiger partial charge on any atom is 0.234 e. The largest absolute Gasteiger partial charge is 0.351 e. The van der Waals surface area contributed by atoms with Gasteiger partial charge in [-0.2, -0.15) is 0 Å². The molecule has 8 heteroatoms. The van der Waals surface area contributed by atoms with Crippen LogP contribution in [0.5, 0.6) is 0 Å². The molecule has 2 saturated heterocycles. The summed E-state index contributed by atoms with van der Waals surface area (Å²) in [4.78, 5) is 37.0. The van der Waals surface area contributed by atoms with Crippen molar-refractivity contribution in [3.63, 3.8) is 0 Å². The average molecular weight is 492 g/mol. The first-order valence-corrected chi connectivity index (χ1v) is 13.4. The Morgan fingerprint density at radius 1 is 0.914 bits per heavy atom. The second-order valence-electron chi connectivity index (χ2n) is 9.44. The number of hydrogen-bond acceptors (Lipinski definition) is 6. The third kappa shape index (κ3) is 6.00. The highest BCUT2D eigenvalue weighted by Crippen LogP contribution is 2.31. The van der Waals surface area contributed by atoms with Gasteiger partial charge in [0.1, 0.15) is 0 Å². The molecule has 2 fully saturated rings. The molecule has 184 valence electrons. The van der Waals surface area contributed by atoms with E-state index in [2.05, 4.69) is 33.3 Å². The van der Waals surface area contributed by atoms with Crippen LogP contribution in [0, 0.1) is 5.92 Å². The van der Waals surface area contributed by atoms with E-state index in [9.17, 15) is 9.59 Å². The second kappa shape index (κ2) is 11.2. The Bertz CT molecular complexity index is 1110. The van der Waals surface area contributed by atoms with Gasteiger partial charge in [0.05, 0.1) is 16.8 Å². The Labute approximate surface area is 210 Å². The number of nitrogens with zero attached hydrogens (tertiary/aromatic N) is 4. The molecular formula is C27H33N5O2S. The SMILES string of the molecule is O=C(CN1CCCN(C(=O)C2CCN(c3nc4ccccc4s3)CC2)CC1)NCc1ccccc1. The fourth-order valence-electron chi connectivity index (χ4n) is 4.98. The Balaban J connectivity index is 1.07. The summed E-state index contributed by atoms with van der Waals surface area (Å²) >= 11 is 1.73. The lowest BCUT2D eigenvalue weighted by atomic mass is 9.95. The van der Waals surface area contributed by atoms with Crippen molar-refractivity contribution in [2.75, 3.05) is 50.7 Å². The monoisotopic (exact) mass is 491 g/mol. The van der Waals surface area contributed by atoms with Gasteiger partial charge in [-0.05, 0) is 37.0 Å². The lowest BCUT2D eigenvalue weighted by Crippen LogP contribution is -2.44. The number of nitrogens with one attached hydrogen (secondary N) is 1. The predicted octanol–water partition coefficient (Wildman–Crippen LogP) is 3.36. The minimum Gasteiger partial charge on any atom is -0.351 e. The van der Waals surface area contributed by atoms with E-state index < -0.39 is 0 Å². The summed E-state index contributed by atoms with van der Waals surface area (Å²) in [5.41, 5.74) is 2.15. The maximum absolute atomic E-state index is 13.3. The van der Waals surface area contributed by atoms with Crippen LogP contribution in [0.4, 0.5) is 5.13 Å². The topological polar surface area (TPSA) is 68.8 Å². The Hall–Kier alpha value is -2.97. The van der Waals surface area contributed by atoms with Gasteiger partial charge in [-0.25, -0.2) is 4.98 Å². The zero-order valence-corrected chi connectivity index (χ0v) is 20.9. The third-order valence-corrected chi connectivity index (χ3v) is 8.09.